The second kappa shape index (κ2) is 11.8. The van der Waals surface area contributed by atoms with E-state index in [0.717, 1.165) is 42.4 Å². The molecule has 3 unspecified atom stereocenters. The van der Waals surface area contributed by atoms with Gasteiger partial charge in [-0.15, -0.1) is 0 Å². The Morgan fingerprint density at radius 1 is 1.03 bits per heavy atom. The molecule has 0 saturated carbocycles. The highest BCUT2D eigenvalue weighted by Crippen LogP contribution is 2.47. The average Bonchev–Trinajstić information content (AvgIpc) is 3.32. The summed E-state index contributed by atoms with van der Waals surface area (Å²) in [6, 6.07) is 5.30. The summed E-state index contributed by atoms with van der Waals surface area (Å²) in [4.78, 5) is 24.6. The van der Waals surface area contributed by atoms with Gasteiger partial charge in [-0.1, -0.05) is 88.5 Å². The average molecular weight is 433 g/mol. The van der Waals surface area contributed by atoms with Gasteiger partial charge in [0.05, 0.1) is 5.56 Å². The van der Waals surface area contributed by atoms with E-state index in [1.54, 1.807) is 18.2 Å². The minimum Gasteiger partial charge on any atom is -0.478 e. The van der Waals surface area contributed by atoms with Gasteiger partial charge in [-0.05, 0) is 54.2 Å². The van der Waals surface area contributed by atoms with Crippen molar-refractivity contribution in [2.75, 3.05) is 0 Å². The van der Waals surface area contributed by atoms with Crippen LogP contribution in [0.15, 0.2) is 60.2 Å². The third-order valence-corrected chi connectivity index (χ3v) is 6.55. The molecule has 1 aromatic rings. The molecule has 1 N–H and O–H groups in total. The zero-order chi connectivity index (χ0) is 22.9. The fourth-order valence-corrected chi connectivity index (χ4v) is 4.79. The van der Waals surface area contributed by atoms with Crippen LogP contribution in [0, 0.1) is 11.8 Å². The Morgan fingerprint density at radius 3 is 2.56 bits per heavy atom. The molecule has 170 valence electrons. The number of ketones is 1. The topological polar surface area (TPSA) is 54.4 Å². The van der Waals surface area contributed by atoms with Crippen molar-refractivity contribution in [3.05, 3.63) is 76.9 Å². The van der Waals surface area contributed by atoms with Gasteiger partial charge in [-0.25, -0.2) is 4.79 Å². The van der Waals surface area contributed by atoms with Crippen molar-refractivity contribution in [1.82, 2.24) is 0 Å². The zero-order valence-corrected chi connectivity index (χ0v) is 19.4. The highest BCUT2D eigenvalue weighted by molar-refractivity contribution is 5.97. The number of fused-ring (bicyclic) bond motifs is 1. The summed E-state index contributed by atoms with van der Waals surface area (Å²) in [5, 5.41) is 9.52. The van der Waals surface area contributed by atoms with Gasteiger partial charge in [0.15, 0.2) is 5.78 Å². The molecule has 0 aromatic heterocycles. The van der Waals surface area contributed by atoms with Crippen LogP contribution in [0.25, 0.3) is 6.08 Å². The van der Waals surface area contributed by atoms with Crippen LogP contribution in [0.5, 0.6) is 0 Å². The summed E-state index contributed by atoms with van der Waals surface area (Å²) in [6.45, 7) is 4.39. The molecule has 3 rings (SSSR count). The smallest absolute Gasteiger partial charge is 0.335 e. The van der Waals surface area contributed by atoms with Gasteiger partial charge >= 0.3 is 5.97 Å². The molecule has 0 fully saturated rings. The van der Waals surface area contributed by atoms with Gasteiger partial charge in [-0.3, -0.25) is 4.79 Å². The highest BCUT2D eigenvalue weighted by atomic mass is 16.4. The van der Waals surface area contributed by atoms with Crippen LogP contribution in [0.4, 0.5) is 0 Å². The molecule has 32 heavy (non-hydrogen) atoms. The van der Waals surface area contributed by atoms with Crippen molar-refractivity contribution >= 4 is 17.8 Å². The van der Waals surface area contributed by atoms with Gasteiger partial charge in [0, 0.05) is 17.8 Å². The minimum atomic E-state index is -0.933. The van der Waals surface area contributed by atoms with Gasteiger partial charge in [-0.2, -0.15) is 0 Å². The number of aromatic carboxylic acids is 1. The molecule has 0 heterocycles. The molecule has 2 aliphatic rings. The van der Waals surface area contributed by atoms with Gasteiger partial charge in [0.1, 0.15) is 0 Å². The van der Waals surface area contributed by atoms with E-state index in [1.165, 1.54) is 25.7 Å². The minimum absolute atomic E-state index is 0.0468. The van der Waals surface area contributed by atoms with Crippen LogP contribution in [-0.4, -0.2) is 16.9 Å². The number of rotatable bonds is 12. The summed E-state index contributed by atoms with van der Waals surface area (Å²) in [5.41, 5.74) is 3.38. The quantitative estimate of drug-likeness (QED) is 0.275. The van der Waals surface area contributed by atoms with E-state index in [-0.39, 0.29) is 29.1 Å². The summed E-state index contributed by atoms with van der Waals surface area (Å²) in [6.07, 6.45) is 23.9. The molecule has 3 heteroatoms. The van der Waals surface area contributed by atoms with Crippen molar-refractivity contribution in [2.45, 2.75) is 71.1 Å². The summed E-state index contributed by atoms with van der Waals surface area (Å²) in [7, 11) is 0. The highest BCUT2D eigenvalue weighted by Gasteiger charge is 2.40. The van der Waals surface area contributed by atoms with Crippen molar-refractivity contribution in [3.63, 3.8) is 0 Å². The number of hydrogen-bond donors (Lipinski definition) is 1. The molecule has 3 atom stereocenters. The number of hydrogen-bond acceptors (Lipinski definition) is 2. The predicted molar refractivity (Wildman–Crippen MR) is 132 cm³/mol. The SMILES string of the molecule is CCCCC=CC1=Cc2ccc(C(=O)O)cc2C1C1C(=O)C=CC1C=CCCCCCC. The Balaban J connectivity index is 1.86. The first-order valence-electron chi connectivity index (χ1n) is 12.2. The molecule has 2 aliphatic carbocycles. The number of carboxylic acids is 1. The van der Waals surface area contributed by atoms with Gasteiger partial charge in [0.25, 0.3) is 0 Å². The Kier molecular flexibility index (Phi) is 8.84. The first-order valence-corrected chi connectivity index (χ1v) is 12.2. The third kappa shape index (κ3) is 5.76. The van der Waals surface area contributed by atoms with Crippen molar-refractivity contribution in [1.29, 1.82) is 0 Å². The Hall–Kier alpha value is -2.68. The van der Waals surface area contributed by atoms with Crippen molar-refractivity contribution < 1.29 is 14.7 Å². The number of unbranched alkanes of at least 4 members (excludes halogenated alkanes) is 6. The summed E-state index contributed by atoms with van der Waals surface area (Å²) in [5.74, 6) is -1.07. The number of carbonyl (C=O) groups is 2. The van der Waals surface area contributed by atoms with Crippen LogP contribution in [-0.2, 0) is 4.79 Å². The maximum absolute atomic E-state index is 13.0. The molecule has 0 bridgehead atoms. The van der Waals surface area contributed by atoms with E-state index in [4.69, 9.17) is 0 Å². The van der Waals surface area contributed by atoms with Crippen LogP contribution in [0.1, 0.15) is 92.6 Å². The lowest BCUT2D eigenvalue weighted by Crippen LogP contribution is -2.23. The van der Waals surface area contributed by atoms with E-state index in [1.807, 2.05) is 12.1 Å². The van der Waals surface area contributed by atoms with E-state index in [2.05, 4.69) is 44.2 Å². The lowest BCUT2D eigenvalue weighted by atomic mass is 9.76. The third-order valence-electron chi connectivity index (χ3n) is 6.55. The fraction of sp³-hybridized carbons (Fsp3) is 0.448. The van der Waals surface area contributed by atoms with Crippen molar-refractivity contribution in [2.24, 2.45) is 11.8 Å². The lowest BCUT2D eigenvalue weighted by molar-refractivity contribution is -0.118. The molecule has 0 aliphatic heterocycles. The number of benzene rings is 1. The van der Waals surface area contributed by atoms with Crippen LogP contribution in [0.2, 0.25) is 0 Å². The van der Waals surface area contributed by atoms with E-state index >= 15 is 0 Å². The molecule has 0 amide bonds. The normalized spacial score (nSPS) is 22.2. The van der Waals surface area contributed by atoms with E-state index < -0.39 is 5.97 Å². The Labute approximate surface area is 192 Å². The molecule has 0 spiro atoms. The molecule has 3 nitrogen and oxygen atoms in total. The van der Waals surface area contributed by atoms with Gasteiger partial charge in [0.2, 0.25) is 0 Å². The van der Waals surface area contributed by atoms with E-state index in [9.17, 15) is 14.7 Å². The summed E-state index contributed by atoms with van der Waals surface area (Å²) >= 11 is 0. The number of allylic oxidation sites excluding steroid dienone is 7. The molecule has 0 saturated heterocycles. The maximum atomic E-state index is 13.0. The first kappa shape index (κ1) is 24.0. The monoisotopic (exact) mass is 432 g/mol. The standard InChI is InChI=1S/C29H36O3/c1-3-5-7-9-10-12-13-21-17-18-26(30)28(21)27-23(14-11-8-6-4-2)19-22-15-16-24(29(31)32)20-25(22)27/h11-21,27-28H,3-10H2,1-2H3,(H,31,32). The molecular weight excluding hydrogens is 396 g/mol. The van der Waals surface area contributed by atoms with E-state index in [0.29, 0.717) is 0 Å². The summed E-state index contributed by atoms with van der Waals surface area (Å²) < 4.78 is 0. The molecule has 0 radical (unpaired) electrons. The second-order valence-corrected chi connectivity index (χ2v) is 8.96. The maximum Gasteiger partial charge on any atom is 0.335 e. The van der Waals surface area contributed by atoms with Crippen molar-refractivity contribution in [3.8, 4) is 0 Å². The number of carboxylic acid groups (broad SMARTS) is 1. The predicted octanol–water partition coefficient (Wildman–Crippen LogP) is 7.51. The fourth-order valence-electron chi connectivity index (χ4n) is 4.79. The van der Waals surface area contributed by atoms with Crippen LogP contribution in [0.3, 0.4) is 0 Å². The molecule has 1 aromatic carbocycles. The Morgan fingerprint density at radius 2 is 1.81 bits per heavy atom. The second-order valence-electron chi connectivity index (χ2n) is 8.96. The lowest BCUT2D eigenvalue weighted by Gasteiger charge is -2.25. The Bertz CT molecular complexity index is 932. The largest absolute Gasteiger partial charge is 0.478 e. The van der Waals surface area contributed by atoms with Crippen LogP contribution >= 0.6 is 0 Å². The van der Waals surface area contributed by atoms with Crippen LogP contribution < -0.4 is 0 Å². The molecular formula is C29H36O3. The number of carbonyl (C=O) groups excluding carboxylic acids is 1. The zero-order valence-electron chi connectivity index (χ0n) is 19.4. The first-order chi connectivity index (χ1) is 15.6. The van der Waals surface area contributed by atoms with Gasteiger partial charge < -0.3 is 5.11 Å².